The van der Waals surface area contributed by atoms with Crippen LogP contribution in [0.1, 0.15) is 65.9 Å². The molecule has 3 rings (SSSR count). The maximum atomic E-state index is 13.8. The average molecular weight is 733 g/mol. The predicted octanol–water partition coefficient (Wildman–Crippen LogP) is 1.97. The minimum absolute atomic E-state index is 0.0687. The topological polar surface area (TPSA) is 219 Å². The number of rotatable bonds is 17. The number of ether oxygens (including phenoxy) is 6. The minimum Gasteiger partial charge on any atom is -0.467 e. The first-order chi connectivity index (χ1) is 24.5. The Labute approximate surface area is 303 Å². The summed E-state index contributed by atoms with van der Waals surface area (Å²) in [6.45, 7) is 13.2. The first kappa shape index (κ1) is 42.3. The number of nitrogens with one attached hydrogen (secondary N) is 1. The van der Waals surface area contributed by atoms with Crippen LogP contribution in [0.5, 0.6) is 0 Å². The molecular formula is C37H52N2O13. The molecule has 15 nitrogen and oxygen atoms in total. The summed E-state index contributed by atoms with van der Waals surface area (Å²) in [6.07, 6.45) is -3.32. The zero-order valence-electron chi connectivity index (χ0n) is 30.8. The summed E-state index contributed by atoms with van der Waals surface area (Å²) in [5.41, 5.74) is -3.48. The van der Waals surface area contributed by atoms with Gasteiger partial charge in [0, 0.05) is 25.3 Å². The van der Waals surface area contributed by atoms with Crippen molar-refractivity contribution < 1.29 is 62.6 Å². The van der Waals surface area contributed by atoms with Gasteiger partial charge in [-0.15, -0.1) is 0 Å². The van der Waals surface area contributed by atoms with E-state index in [0.29, 0.717) is 17.9 Å². The number of amides is 1. The van der Waals surface area contributed by atoms with Crippen LogP contribution in [0.2, 0.25) is 0 Å². The Morgan fingerprint density at radius 3 is 2.27 bits per heavy atom. The summed E-state index contributed by atoms with van der Waals surface area (Å²) in [5.74, 6) is -3.13. The number of nitrogens with two attached hydrogens (primary N) is 1. The summed E-state index contributed by atoms with van der Waals surface area (Å²) in [5, 5.41) is 24.1. The number of benzene rings is 1. The van der Waals surface area contributed by atoms with Crippen molar-refractivity contribution in [3.63, 3.8) is 0 Å². The molecule has 2 heterocycles. The molecule has 2 bridgehead atoms. The molecule has 52 heavy (non-hydrogen) atoms. The van der Waals surface area contributed by atoms with Crippen molar-refractivity contribution in [1.82, 2.24) is 5.43 Å². The summed E-state index contributed by atoms with van der Waals surface area (Å²) >= 11 is 0. The van der Waals surface area contributed by atoms with Crippen molar-refractivity contribution in [2.75, 3.05) is 14.2 Å². The van der Waals surface area contributed by atoms with Gasteiger partial charge in [-0.2, -0.15) is 0 Å². The van der Waals surface area contributed by atoms with Crippen LogP contribution in [0, 0.1) is 17.8 Å². The third-order valence-electron chi connectivity index (χ3n) is 9.78. The van der Waals surface area contributed by atoms with Crippen LogP contribution in [0.3, 0.4) is 0 Å². The minimum atomic E-state index is -3.43. The first-order valence-electron chi connectivity index (χ1n) is 17.2. The van der Waals surface area contributed by atoms with E-state index in [-0.39, 0.29) is 18.3 Å². The Hall–Kier alpha value is -4.15. The standard InChI is InChI=1S/C37H52N2O13/c1-9-21(2)19-22(3)15-16-27(41)50-30-29(42)35(18-17-23(4)28(49-25(6)40)24(5)20-26-13-11-10-12-14-26)51-31(32(43)39-38)36(46,33(44)47-7)37(30,52-35)34(45)48-8/h10-16,21-22,24,28-31,42,46H,4,9,17-20,38H2,1-3,5-8H3,(H,39,43)/b16-15+/t21-,22+,24+,28+,29+,30+,31+,35-,36+,37-/m0/s1. The number of carbonyl (C=O) groups is 5. The molecular weight excluding hydrogens is 680 g/mol. The molecule has 1 aromatic rings. The zero-order valence-corrected chi connectivity index (χ0v) is 30.8. The molecule has 0 aliphatic carbocycles. The molecule has 0 radical (unpaired) electrons. The van der Waals surface area contributed by atoms with Crippen LogP contribution in [0.15, 0.2) is 54.6 Å². The molecule has 1 aromatic carbocycles. The summed E-state index contributed by atoms with van der Waals surface area (Å²) < 4.78 is 33.1. The van der Waals surface area contributed by atoms with E-state index in [1.807, 2.05) is 51.1 Å². The van der Waals surface area contributed by atoms with E-state index in [2.05, 4.69) is 13.5 Å². The Balaban J connectivity index is 2.10. The highest BCUT2D eigenvalue weighted by Crippen LogP contribution is 2.56. The second kappa shape index (κ2) is 17.6. The molecule has 0 aromatic heterocycles. The number of aliphatic hydroxyl groups excluding tert-OH is 1. The number of carbonyl (C=O) groups excluding carboxylic acids is 5. The molecule has 15 heteroatoms. The van der Waals surface area contributed by atoms with Crippen molar-refractivity contribution in [2.45, 2.75) is 108 Å². The van der Waals surface area contributed by atoms with Crippen molar-refractivity contribution >= 4 is 29.8 Å². The lowest BCUT2D eigenvalue weighted by atomic mass is 9.74. The third kappa shape index (κ3) is 8.39. The summed E-state index contributed by atoms with van der Waals surface area (Å²) in [4.78, 5) is 66.1. The number of fused-ring (bicyclic) bond motifs is 2. The molecule has 288 valence electrons. The average Bonchev–Trinajstić information content (AvgIpc) is 3.34. The first-order valence-corrected chi connectivity index (χ1v) is 17.2. The third-order valence-corrected chi connectivity index (χ3v) is 9.78. The van der Waals surface area contributed by atoms with Gasteiger partial charge < -0.3 is 38.6 Å². The highest BCUT2D eigenvalue weighted by molar-refractivity contribution is 6.00. The molecule has 2 saturated heterocycles. The van der Waals surface area contributed by atoms with Crippen LogP contribution in [0.4, 0.5) is 0 Å². The maximum absolute atomic E-state index is 13.8. The fourth-order valence-electron chi connectivity index (χ4n) is 6.95. The van der Waals surface area contributed by atoms with Crippen LogP contribution in [-0.2, 0) is 58.8 Å². The van der Waals surface area contributed by atoms with Gasteiger partial charge in [0.25, 0.3) is 11.5 Å². The highest BCUT2D eigenvalue weighted by atomic mass is 16.8. The smallest absolute Gasteiger partial charge is 0.346 e. The largest absolute Gasteiger partial charge is 0.467 e. The summed E-state index contributed by atoms with van der Waals surface area (Å²) in [7, 11) is 1.75. The lowest BCUT2D eigenvalue weighted by Gasteiger charge is -2.50. The van der Waals surface area contributed by atoms with Gasteiger partial charge in [-0.25, -0.2) is 20.2 Å². The lowest BCUT2D eigenvalue weighted by molar-refractivity contribution is -0.372. The number of hydrogen-bond donors (Lipinski definition) is 4. The molecule has 5 N–H and O–H groups in total. The number of aliphatic hydroxyl groups is 2. The molecule has 10 atom stereocenters. The number of hydrogen-bond acceptors (Lipinski definition) is 14. The van der Waals surface area contributed by atoms with Crippen LogP contribution in [-0.4, -0.2) is 95.6 Å². The number of allylic oxidation sites excluding steroid dienone is 1. The van der Waals surface area contributed by atoms with Crippen LogP contribution >= 0.6 is 0 Å². The number of methoxy groups -OCH3 is 2. The van der Waals surface area contributed by atoms with E-state index in [9.17, 15) is 34.2 Å². The molecule has 0 spiro atoms. The lowest BCUT2D eigenvalue weighted by Crippen LogP contribution is -2.79. The molecule has 2 fully saturated rings. The van der Waals surface area contributed by atoms with Crippen LogP contribution in [0.25, 0.3) is 0 Å². The van der Waals surface area contributed by atoms with Gasteiger partial charge in [0.15, 0.2) is 12.2 Å². The highest BCUT2D eigenvalue weighted by Gasteiger charge is 2.86. The summed E-state index contributed by atoms with van der Waals surface area (Å²) in [6, 6.07) is 9.46. The van der Waals surface area contributed by atoms with Gasteiger partial charge in [0.05, 0.1) is 14.2 Å². The second-order valence-corrected chi connectivity index (χ2v) is 13.6. The monoisotopic (exact) mass is 732 g/mol. The number of hydrazine groups is 1. The fraction of sp³-hybridized carbons (Fsp3) is 0.595. The van der Waals surface area contributed by atoms with E-state index in [1.54, 1.807) is 11.5 Å². The van der Waals surface area contributed by atoms with Crippen LogP contribution < -0.4 is 11.3 Å². The molecule has 2 aliphatic heterocycles. The Morgan fingerprint density at radius 2 is 1.71 bits per heavy atom. The zero-order chi connectivity index (χ0) is 39.0. The predicted molar refractivity (Wildman–Crippen MR) is 184 cm³/mol. The van der Waals surface area contributed by atoms with Gasteiger partial charge in [-0.05, 0) is 42.2 Å². The Bertz CT molecular complexity index is 1500. The fourth-order valence-corrected chi connectivity index (χ4v) is 6.95. The van der Waals surface area contributed by atoms with Crippen molar-refractivity contribution in [3.8, 4) is 0 Å². The molecule has 0 unspecified atom stereocenters. The second-order valence-electron chi connectivity index (χ2n) is 13.6. The molecule has 0 saturated carbocycles. The van der Waals surface area contributed by atoms with Gasteiger partial charge >= 0.3 is 23.9 Å². The van der Waals surface area contributed by atoms with E-state index >= 15 is 0 Å². The SMILES string of the molecule is C=C(CC[C@]12O[C@H](C(=O)NN)[C@@](O)(C(=O)OC)[C@](C(=O)OC)(O1)[C@H](OC(=O)/C=C/[C@@H](C)C[C@@H](C)CC)[C@H]2O)[C@@H](OC(C)=O)[C@H](C)Cc1ccccc1. The maximum Gasteiger partial charge on any atom is 0.346 e. The van der Waals surface area contributed by atoms with E-state index < -0.39 is 77.6 Å². The van der Waals surface area contributed by atoms with E-state index in [1.165, 1.54) is 6.92 Å². The molecule has 1 amide bonds. The van der Waals surface area contributed by atoms with Crippen molar-refractivity contribution in [1.29, 1.82) is 0 Å². The van der Waals surface area contributed by atoms with Crippen molar-refractivity contribution in [2.24, 2.45) is 23.6 Å². The Morgan fingerprint density at radius 1 is 1.08 bits per heavy atom. The molecule has 2 aliphatic rings. The normalized spacial score (nSPS) is 28.9. The number of esters is 4. The van der Waals surface area contributed by atoms with Gasteiger partial charge in [0.2, 0.25) is 11.4 Å². The quantitative estimate of drug-likeness (QED) is 0.0343. The Kier molecular flexibility index (Phi) is 14.3. The van der Waals surface area contributed by atoms with Gasteiger partial charge in [-0.3, -0.25) is 15.0 Å². The van der Waals surface area contributed by atoms with E-state index in [0.717, 1.165) is 38.7 Å². The van der Waals surface area contributed by atoms with Gasteiger partial charge in [-0.1, -0.05) is 77.1 Å². The van der Waals surface area contributed by atoms with E-state index in [4.69, 9.17) is 34.3 Å². The van der Waals surface area contributed by atoms with Crippen molar-refractivity contribution in [3.05, 3.63) is 60.2 Å². The van der Waals surface area contributed by atoms with Gasteiger partial charge in [0.1, 0.15) is 12.2 Å².